The molecule has 3 heteroatoms. The van der Waals surface area contributed by atoms with E-state index < -0.39 is 5.97 Å². The highest BCUT2D eigenvalue weighted by Crippen LogP contribution is 2.29. The number of hydrogen-bond acceptors (Lipinski definition) is 2. The second kappa shape index (κ2) is 5.53. The molecule has 0 spiro atoms. The van der Waals surface area contributed by atoms with Gasteiger partial charge in [-0.05, 0) is 17.0 Å². The van der Waals surface area contributed by atoms with Crippen molar-refractivity contribution in [1.29, 1.82) is 0 Å². The molecule has 1 aliphatic heterocycles. The zero-order valence-electron chi connectivity index (χ0n) is 11.1. The van der Waals surface area contributed by atoms with Crippen molar-refractivity contribution < 1.29 is 9.90 Å². The van der Waals surface area contributed by atoms with Gasteiger partial charge in [0.2, 0.25) is 0 Å². The molecule has 0 saturated carbocycles. The van der Waals surface area contributed by atoms with E-state index in [1.54, 1.807) is 0 Å². The fraction of sp³-hybridized carbons (Fsp3) is 0.533. The first-order chi connectivity index (χ1) is 8.61. The maximum Gasteiger partial charge on any atom is 0.312 e. The average molecular weight is 247 g/mol. The molecule has 1 aliphatic rings. The molecule has 2 unspecified atom stereocenters. The molecule has 1 aromatic rings. The number of nitrogens with zero attached hydrogens (tertiary/aromatic N) is 1. The SMILES string of the molecule is CCC(C)CN1Cc2ccccc2C(C(=O)O)C1. The molecular weight excluding hydrogens is 226 g/mol. The Kier molecular flexibility index (Phi) is 4.02. The number of benzene rings is 1. The van der Waals surface area contributed by atoms with Crippen molar-refractivity contribution in [3.63, 3.8) is 0 Å². The molecule has 0 fully saturated rings. The summed E-state index contributed by atoms with van der Waals surface area (Å²) in [5.74, 6) is -0.472. The second-order valence-electron chi connectivity index (χ2n) is 5.30. The quantitative estimate of drug-likeness (QED) is 0.889. The van der Waals surface area contributed by atoms with Crippen LogP contribution in [0.5, 0.6) is 0 Å². The van der Waals surface area contributed by atoms with E-state index in [9.17, 15) is 9.90 Å². The van der Waals surface area contributed by atoms with Crippen molar-refractivity contribution in [2.24, 2.45) is 5.92 Å². The third-order valence-corrected chi connectivity index (χ3v) is 3.83. The van der Waals surface area contributed by atoms with Gasteiger partial charge in [0.05, 0.1) is 5.92 Å². The molecule has 1 aromatic carbocycles. The van der Waals surface area contributed by atoms with Crippen molar-refractivity contribution in [3.8, 4) is 0 Å². The fourth-order valence-corrected chi connectivity index (χ4v) is 2.60. The van der Waals surface area contributed by atoms with Crippen LogP contribution in [0.15, 0.2) is 24.3 Å². The van der Waals surface area contributed by atoms with E-state index in [0.717, 1.165) is 25.1 Å². The van der Waals surface area contributed by atoms with E-state index in [4.69, 9.17) is 0 Å². The van der Waals surface area contributed by atoms with Crippen molar-refractivity contribution in [2.45, 2.75) is 32.7 Å². The maximum absolute atomic E-state index is 11.4. The smallest absolute Gasteiger partial charge is 0.312 e. The van der Waals surface area contributed by atoms with Gasteiger partial charge >= 0.3 is 5.97 Å². The number of carboxylic acid groups (broad SMARTS) is 1. The zero-order valence-corrected chi connectivity index (χ0v) is 11.1. The van der Waals surface area contributed by atoms with Crippen LogP contribution in [0.2, 0.25) is 0 Å². The molecule has 3 nitrogen and oxygen atoms in total. The minimum Gasteiger partial charge on any atom is -0.481 e. The van der Waals surface area contributed by atoms with Gasteiger partial charge in [0.25, 0.3) is 0 Å². The lowest BCUT2D eigenvalue weighted by Gasteiger charge is -2.34. The first-order valence-electron chi connectivity index (χ1n) is 6.64. The lowest BCUT2D eigenvalue weighted by molar-refractivity contribution is -0.139. The number of carbonyl (C=O) groups is 1. The summed E-state index contributed by atoms with van der Waals surface area (Å²) in [5, 5.41) is 9.37. The van der Waals surface area contributed by atoms with Crippen LogP contribution in [0.4, 0.5) is 0 Å². The summed E-state index contributed by atoms with van der Waals surface area (Å²) >= 11 is 0. The molecule has 0 aromatic heterocycles. The van der Waals surface area contributed by atoms with E-state index in [1.165, 1.54) is 5.56 Å². The Bertz CT molecular complexity index is 430. The number of fused-ring (bicyclic) bond motifs is 1. The Hall–Kier alpha value is -1.35. The summed E-state index contributed by atoms with van der Waals surface area (Å²) in [7, 11) is 0. The monoisotopic (exact) mass is 247 g/mol. The van der Waals surface area contributed by atoms with Crippen LogP contribution in [-0.4, -0.2) is 29.1 Å². The van der Waals surface area contributed by atoms with Gasteiger partial charge in [-0.2, -0.15) is 0 Å². The van der Waals surface area contributed by atoms with E-state index in [0.29, 0.717) is 12.5 Å². The van der Waals surface area contributed by atoms with Gasteiger partial charge in [-0.15, -0.1) is 0 Å². The van der Waals surface area contributed by atoms with Gasteiger partial charge in [-0.3, -0.25) is 9.69 Å². The summed E-state index contributed by atoms with van der Waals surface area (Å²) in [6.07, 6.45) is 1.13. The Morgan fingerprint density at radius 3 is 2.89 bits per heavy atom. The summed E-state index contributed by atoms with van der Waals surface area (Å²) in [5.41, 5.74) is 2.16. The highest BCUT2D eigenvalue weighted by molar-refractivity contribution is 5.77. The van der Waals surface area contributed by atoms with Crippen LogP contribution in [0.1, 0.15) is 37.3 Å². The van der Waals surface area contributed by atoms with Gasteiger partial charge < -0.3 is 5.11 Å². The highest BCUT2D eigenvalue weighted by atomic mass is 16.4. The van der Waals surface area contributed by atoms with Crippen molar-refractivity contribution in [2.75, 3.05) is 13.1 Å². The van der Waals surface area contributed by atoms with Crippen molar-refractivity contribution >= 4 is 5.97 Å². The van der Waals surface area contributed by atoms with Crippen LogP contribution in [0, 0.1) is 5.92 Å². The Morgan fingerprint density at radius 2 is 2.22 bits per heavy atom. The minimum absolute atomic E-state index is 0.376. The Morgan fingerprint density at radius 1 is 1.50 bits per heavy atom. The van der Waals surface area contributed by atoms with E-state index in [1.807, 2.05) is 24.3 Å². The van der Waals surface area contributed by atoms with Crippen LogP contribution in [0.3, 0.4) is 0 Å². The number of rotatable bonds is 4. The molecule has 0 amide bonds. The van der Waals surface area contributed by atoms with Gasteiger partial charge in [0.15, 0.2) is 0 Å². The van der Waals surface area contributed by atoms with Crippen LogP contribution >= 0.6 is 0 Å². The molecule has 0 radical (unpaired) electrons. The minimum atomic E-state index is -0.712. The summed E-state index contributed by atoms with van der Waals surface area (Å²) in [4.78, 5) is 13.7. The highest BCUT2D eigenvalue weighted by Gasteiger charge is 2.30. The number of carboxylic acids is 1. The first-order valence-corrected chi connectivity index (χ1v) is 6.64. The van der Waals surface area contributed by atoms with E-state index in [2.05, 4.69) is 18.7 Å². The lowest BCUT2D eigenvalue weighted by Crippen LogP contribution is -2.38. The third kappa shape index (κ3) is 2.72. The predicted octanol–water partition coefficient (Wildman–Crippen LogP) is 2.72. The molecule has 98 valence electrons. The topological polar surface area (TPSA) is 40.5 Å². The lowest BCUT2D eigenvalue weighted by atomic mass is 9.89. The molecule has 0 aliphatic carbocycles. The van der Waals surface area contributed by atoms with Gasteiger partial charge in [0, 0.05) is 19.6 Å². The molecule has 1 N–H and O–H groups in total. The van der Waals surface area contributed by atoms with Gasteiger partial charge in [-0.1, -0.05) is 44.5 Å². The summed E-state index contributed by atoms with van der Waals surface area (Å²) < 4.78 is 0. The fourth-order valence-electron chi connectivity index (χ4n) is 2.60. The Balaban J connectivity index is 2.20. The zero-order chi connectivity index (χ0) is 13.1. The van der Waals surface area contributed by atoms with Crippen LogP contribution < -0.4 is 0 Å². The molecule has 0 saturated heterocycles. The van der Waals surface area contributed by atoms with Crippen LogP contribution in [-0.2, 0) is 11.3 Å². The standard InChI is InChI=1S/C15H21NO2/c1-3-11(2)8-16-9-12-6-4-5-7-13(12)14(10-16)15(17)18/h4-7,11,14H,3,8-10H2,1-2H3,(H,17,18). The summed E-state index contributed by atoms with van der Waals surface area (Å²) in [6.45, 7) is 6.89. The normalized spacial score (nSPS) is 21.3. The molecular formula is C15H21NO2. The molecule has 18 heavy (non-hydrogen) atoms. The van der Waals surface area contributed by atoms with Gasteiger partial charge in [-0.25, -0.2) is 0 Å². The maximum atomic E-state index is 11.4. The van der Waals surface area contributed by atoms with Crippen LogP contribution in [0.25, 0.3) is 0 Å². The predicted molar refractivity (Wildman–Crippen MR) is 71.6 cm³/mol. The molecule has 2 atom stereocenters. The van der Waals surface area contributed by atoms with Gasteiger partial charge in [0.1, 0.15) is 0 Å². The number of aliphatic carboxylic acids is 1. The molecule has 1 heterocycles. The first kappa shape index (κ1) is 13.1. The van der Waals surface area contributed by atoms with E-state index >= 15 is 0 Å². The van der Waals surface area contributed by atoms with Crippen molar-refractivity contribution in [3.05, 3.63) is 35.4 Å². The largest absolute Gasteiger partial charge is 0.481 e. The Labute approximate surface area is 108 Å². The third-order valence-electron chi connectivity index (χ3n) is 3.83. The van der Waals surface area contributed by atoms with Crippen molar-refractivity contribution in [1.82, 2.24) is 4.90 Å². The second-order valence-corrected chi connectivity index (χ2v) is 5.30. The molecule has 0 bridgehead atoms. The van der Waals surface area contributed by atoms with E-state index in [-0.39, 0.29) is 5.92 Å². The summed E-state index contributed by atoms with van der Waals surface area (Å²) in [6, 6.07) is 7.92. The molecule has 2 rings (SSSR count). The average Bonchev–Trinajstić information content (AvgIpc) is 2.37. The number of hydrogen-bond donors (Lipinski definition) is 1.